The van der Waals surface area contributed by atoms with E-state index in [1.54, 1.807) is 0 Å². The summed E-state index contributed by atoms with van der Waals surface area (Å²) in [5.74, 6) is 0. The smallest absolute Gasteiger partial charge is 0.0627 e. The molecule has 1 saturated heterocycles. The molecule has 0 aliphatic carbocycles. The van der Waals surface area contributed by atoms with Crippen LogP contribution in [-0.2, 0) is 0 Å². The van der Waals surface area contributed by atoms with Gasteiger partial charge in [-0.1, -0.05) is 57.4 Å². The lowest BCUT2D eigenvalue weighted by Gasteiger charge is -2.42. The lowest BCUT2D eigenvalue weighted by Crippen LogP contribution is -2.45. The van der Waals surface area contributed by atoms with Crippen molar-refractivity contribution in [3.63, 3.8) is 0 Å². The Balaban J connectivity index is 0.00000166. The summed E-state index contributed by atoms with van der Waals surface area (Å²) in [4.78, 5) is 13.9. The number of dihydropyridines is 1. The largest absolute Gasteiger partial charge is 0.370 e. The number of hydrogen-bond acceptors (Lipinski definition) is 4. The fourth-order valence-electron chi connectivity index (χ4n) is 4.00. The standard InChI is InChI=1S/C25H32N4.C2H6/c1-5-21-12-15-26-19-25(21)29(23-10-8-7-9-11-23)24-13-16-28(17-14-24)22(6-2)18-27-20(3)4;1-2/h5-11,18-19,24H,1,3,12-17H2,2,4H3;1-2H3/b22-6+,27-18?;. The van der Waals surface area contributed by atoms with Crippen LogP contribution in [0, 0.1) is 0 Å². The quantitative estimate of drug-likeness (QED) is 0.479. The van der Waals surface area contributed by atoms with Gasteiger partial charge in [-0.25, -0.2) is 0 Å². The number of piperidine rings is 1. The zero-order valence-electron chi connectivity index (χ0n) is 19.7. The van der Waals surface area contributed by atoms with Crippen LogP contribution < -0.4 is 4.90 Å². The first-order chi connectivity index (χ1) is 15.1. The van der Waals surface area contributed by atoms with Crippen LogP contribution in [0.25, 0.3) is 0 Å². The zero-order chi connectivity index (χ0) is 22.6. The van der Waals surface area contributed by atoms with Crippen molar-refractivity contribution in [3.8, 4) is 0 Å². The van der Waals surface area contributed by atoms with E-state index in [1.807, 2.05) is 39.3 Å². The zero-order valence-corrected chi connectivity index (χ0v) is 19.7. The molecule has 0 aromatic heterocycles. The summed E-state index contributed by atoms with van der Waals surface area (Å²) in [6.45, 7) is 18.8. The second-order valence-corrected chi connectivity index (χ2v) is 7.53. The molecule has 0 unspecified atom stereocenters. The summed E-state index contributed by atoms with van der Waals surface area (Å²) in [5.41, 5.74) is 5.71. The number of anilines is 1. The molecule has 4 heteroatoms. The van der Waals surface area contributed by atoms with Crippen LogP contribution in [0.15, 0.2) is 88.3 Å². The number of hydrogen-bond donors (Lipinski definition) is 0. The Morgan fingerprint density at radius 3 is 2.45 bits per heavy atom. The van der Waals surface area contributed by atoms with E-state index in [4.69, 9.17) is 0 Å². The number of benzene rings is 1. The minimum absolute atomic E-state index is 0.430. The van der Waals surface area contributed by atoms with E-state index in [0.29, 0.717) is 6.04 Å². The van der Waals surface area contributed by atoms with Crippen LogP contribution in [0.4, 0.5) is 5.69 Å². The third-order valence-electron chi connectivity index (χ3n) is 5.50. The van der Waals surface area contributed by atoms with Crippen LogP contribution in [-0.4, -0.2) is 43.0 Å². The molecule has 0 atom stereocenters. The van der Waals surface area contributed by atoms with Gasteiger partial charge < -0.3 is 9.80 Å². The molecular weight excluding hydrogens is 380 g/mol. The predicted octanol–water partition coefficient (Wildman–Crippen LogP) is 6.41. The number of rotatable bonds is 7. The predicted molar refractivity (Wildman–Crippen MR) is 137 cm³/mol. The van der Waals surface area contributed by atoms with E-state index < -0.39 is 0 Å². The third kappa shape index (κ3) is 6.55. The van der Waals surface area contributed by atoms with Crippen molar-refractivity contribution in [3.05, 3.63) is 78.3 Å². The van der Waals surface area contributed by atoms with Crippen molar-refractivity contribution in [1.29, 1.82) is 0 Å². The first-order valence-corrected chi connectivity index (χ1v) is 11.4. The molecule has 2 heterocycles. The molecule has 1 aromatic rings. The molecule has 0 N–H and O–H groups in total. The fraction of sp³-hybridized carbons (Fsp3) is 0.407. The Kier molecular flexibility index (Phi) is 10.0. The van der Waals surface area contributed by atoms with Crippen LogP contribution >= 0.6 is 0 Å². The molecule has 1 aromatic carbocycles. The maximum Gasteiger partial charge on any atom is 0.0627 e. The van der Waals surface area contributed by atoms with Crippen molar-refractivity contribution in [2.45, 2.75) is 53.0 Å². The molecule has 1 fully saturated rings. The highest BCUT2D eigenvalue weighted by atomic mass is 15.2. The van der Waals surface area contributed by atoms with Gasteiger partial charge in [0, 0.05) is 43.3 Å². The lowest BCUT2D eigenvalue weighted by atomic mass is 9.98. The van der Waals surface area contributed by atoms with Crippen LogP contribution in [0.3, 0.4) is 0 Å². The second-order valence-electron chi connectivity index (χ2n) is 7.53. The minimum Gasteiger partial charge on any atom is -0.370 e. The first-order valence-electron chi connectivity index (χ1n) is 11.4. The van der Waals surface area contributed by atoms with Gasteiger partial charge in [-0.05, 0) is 50.8 Å². The molecule has 3 rings (SSSR count). The Labute approximate surface area is 189 Å². The monoisotopic (exact) mass is 418 g/mol. The van der Waals surface area contributed by atoms with Gasteiger partial charge in [-0.15, -0.1) is 0 Å². The second kappa shape index (κ2) is 12.7. The number of aliphatic imine (C=N–C) groups is 2. The maximum absolute atomic E-state index is 4.58. The number of nitrogens with zero attached hydrogens (tertiary/aromatic N) is 4. The van der Waals surface area contributed by atoms with Crippen molar-refractivity contribution in [1.82, 2.24) is 4.90 Å². The van der Waals surface area contributed by atoms with E-state index in [1.165, 1.54) is 22.7 Å². The normalized spacial score (nSPS) is 17.4. The van der Waals surface area contributed by atoms with Gasteiger partial charge in [0.05, 0.1) is 17.6 Å². The Morgan fingerprint density at radius 1 is 1.19 bits per heavy atom. The van der Waals surface area contributed by atoms with Gasteiger partial charge >= 0.3 is 0 Å². The molecular formula is C27H38N4. The summed E-state index contributed by atoms with van der Waals surface area (Å²) < 4.78 is 0. The average molecular weight is 419 g/mol. The van der Waals surface area contributed by atoms with E-state index in [0.717, 1.165) is 44.6 Å². The molecule has 0 bridgehead atoms. The highest BCUT2D eigenvalue weighted by molar-refractivity contribution is 5.87. The minimum atomic E-state index is 0.430. The highest BCUT2D eigenvalue weighted by Crippen LogP contribution is 2.31. The molecule has 0 radical (unpaired) electrons. The summed E-state index contributed by atoms with van der Waals surface area (Å²) in [5, 5.41) is 0. The molecule has 4 nitrogen and oxygen atoms in total. The van der Waals surface area contributed by atoms with Gasteiger partial charge in [0.25, 0.3) is 0 Å². The molecule has 2 aliphatic heterocycles. The van der Waals surface area contributed by atoms with E-state index in [-0.39, 0.29) is 0 Å². The Hall–Kier alpha value is -2.88. The third-order valence-corrected chi connectivity index (χ3v) is 5.50. The van der Waals surface area contributed by atoms with Gasteiger partial charge in [0.15, 0.2) is 0 Å². The molecule has 2 aliphatic rings. The number of para-hydroxylation sites is 1. The van der Waals surface area contributed by atoms with Gasteiger partial charge in [0.1, 0.15) is 0 Å². The van der Waals surface area contributed by atoms with E-state index >= 15 is 0 Å². The van der Waals surface area contributed by atoms with Crippen molar-refractivity contribution >= 4 is 18.1 Å². The molecule has 166 valence electrons. The van der Waals surface area contributed by atoms with Crippen LogP contribution in [0.5, 0.6) is 0 Å². The highest BCUT2D eigenvalue weighted by Gasteiger charge is 2.28. The van der Waals surface area contributed by atoms with E-state index in [9.17, 15) is 0 Å². The van der Waals surface area contributed by atoms with Crippen LogP contribution in [0.1, 0.15) is 47.0 Å². The summed E-state index contributed by atoms with van der Waals surface area (Å²) in [7, 11) is 0. The van der Waals surface area contributed by atoms with Crippen molar-refractivity contribution < 1.29 is 0 Å². The SMILES string of the molecule is C=CC1=C(N(c2ccccc2)C2CCN(/C(C=NC(=C)C)=C/C)CC2)C=NCC1.CC. The summed E-state index contributed by atoms with van der Waals surface area (Å²) in [6, 6.07) is 11.1. The molecule has 31 heavy (non-hydrogen) atoms. The summed E-state index contributed by atoms with van der Waals surface area (Å²) >= 11 is 0. The molecule has 0 saturated carbocycles. The molecule has 0 spiro atoms. The average Bonchev–Trinajstić information content (AvgIpc) is 2.83. The number of likely N-dealkylation sites (tertiary alicyclic amines) is 1. The van der Waals surface area contributed by atoms with Gasteiger partial charge in [0.2, 0.25) is 0 Å². The Bertz CT molecular complexity index is 837. The first kappa shape index (κ1) is 24.4. The van der Waals surface area contributed by atoms with Crippen molar-refractivity contribution in [2.75, 3.05) is 24.5 Å². The van der Waals surface area contributed by atoms with Gasteiger partial charge in [-0.2, -0.15) is 0 Å². The molecule has 0 amide bonds. The topological polar surface area (TPSA) is 31.2 Å². The van der Waals surface area contributed by atoms with Crippen molar-refractivity contribution in [2.24, 2.45) is 9.98 Å². The maximum atomic E-state index is 4.58. The number of allylic oxidation sites excluding steroid dienone is 5. The van der Waals surface area contributed by atoms with Gasteiger partial charge in [-0.3, -0.25) is 9.98 Å². The fourth-order valence-corrected chi connectivity index (χ4v) is 4.00. The summed E-state index contributed by atoms with van der Waals surface area (Å²) in [6.07, 6.45) is 11.2. The Morgan fingerprint density at radius 2 is 1.87 bits per heavy atom. The lowest BCUT2D eigenvalue weighted by molar-refractivity contribution is 0.272. The van der Waals surface area contributed by atoms with E-state index in [2.05, 4.69) is 76.3 Å². The van der Waals surface area contributed by atoms with Crippen LogP contribution in [0.2, 0.25) is 0 Å².